The summed E-state index contributed by atoms with van der Waals surface area (Å²) in [4.78, 5) is 107. The summed E-state index contributed by atoms with van der Waals surface area (Å²) in [5.74, 6) is 5.02. The number of ether oxygens (including phenoxy) is 1. The molecule has 27 heteroatoms. The summed E-state index contributed by atoms with van der Waals surface area (Å²) in [6, 6.07) is 33.6. The Bertz CT molecular complexity index is 2480. The number of aliphatic hydroxyl groups is 1. The Balaban J connectivity index is -0.000000121. The maximum Gasteiger partial charge on any atom is 1.00 e. The van der Waals surface area contributed by atoms with Crippen LogP contribution in [0.2, 0.25) is 20.1 Å². The maximum absolute atomic E-state index is 11.3. The number of aliphatic hydroxyl groups excluding tert-OH is 1. The number of methoxy groups -OCH3 is 1. The van der Waals surface area contributed by atoms with Crippen LogP contribution in [-0.2, 0) is 88.0 Å². The van der Waals surface area contributed by atoms with E-state index >= 15 is 0 Å². The minimum atomic E-state index is -0.245. The summed E-state index contributed by atoms with van der Waals surface area (Å²) in [6.07, 6.45) is 4.98. The second-order valence-corrected chi connectivity index (χ2v) is 14.8. The molecule has 5 N–H and O–H groups in total. The molecule has 0 fully saturated rings. The van der Waals surface area contributed by atoms with E-state index in [4.69, 9.17) is 104 Å². The van der Waals surface area contributed by atoms with Gasteiger partial charge in [-0.3, -0.25) is 19.2 Å². The van der Waals surface area contributed by atoms with Crippen molar-refractivity contribution >= 4 is 107 Å². The molecule has 6 rings (SSSR count). The Morgan fingerprint density at radius 2 is 0.870 bits per heavy atom. The van der Waals surface area contributed by atoms with Crippen molar-refractivity contribution in [1.29, 1.82) is 0 Å². The third-order valence-electron chi connectivity index (χ3n) is 7.17. The van der Waals surface area contributed by atoms with Crippen LogP contribution in [0.15, 0.2) is 124 Å². The molecule has 0 aliphatic heterocycles. The minimum Gasteiger partial charge on any atom is -0.870 e. The second-order valence-electron chi connectivity index (χ2n) is 13.1. The topological polar surface area (TPSA) is 363 Å². The van der Waals surface area contributed by atoms with E-state index < -0.39 is 0 Å². The number of Topliss-reactive ketones (excluding diaryl/α,β-unsaturated/α-hetero) is 3. The molecule has 6 aromatic rings. The van der Waals surface area contributed by atoms with Crippen LogP contribution in [0, 0.1) is 6.92 Å². The van der Waals surface area contributed by atoms with Gasteiger partial charge in [0.15, 0.2) is 0 Å². The van der Waals surface area contributed by atoms with Crippen molar-refractivity contribution in [2.45, 2.75) is 66.7 Å². The fraction of sp³-hybridized carbons (Fsp3) is 0.240. The maximum atomic E-state index is 11.3. The number of carbonyl (C=O) groups excluding carboxylic acids is 12. The zero-order chi connectivity index (χ0) is 57.7. The van der Waals surface area contributed by atoms with Gasteiger partial charge in [-0.05, 0) is 98.5 Å². The zero-order valence-corrected chi connectivity index (χ0v) is 48.4. The van der Waals surface area contributed by atoms with Gasteiger partial charge in [0.05, 0.1) is 25.4 Å². The number of carbonyl (C=O) groups is 4. The molecule has 0 aliphatic rings. The molecule has 0 atom stereocenters. The molecule has 0 aliphatic carbocycles. The molecule has 0 bridgehead atoms. The van der Waals surface area contributed by atoms with E-state index in [0.29, 0.717) is 22.9 Å². The van der Waals surface area contributed by atoms with Crippen LogP contribution in [0.3, 0.4) is 0 Å². The normalized spacial score (nSPS) is 7.96. The summed E-state index contributed by atoms with van der Waals surface area (Å²) >= 11 is 22.9. The molecule has 0 saturated carbocycles. The predicted molar refractivity (Wildman–Crippen MR) is 273 cm³/mol. The van der Waals surface area contributed by atoms with Crippen molar-refractivity contribution in [3.05, 3.63) is 175 Å². The van der Waals surface area contributed by atoms with Crippen LogP contribution >= 0.6 is 58.8 Å². The summed E-state index contributed by atoms with van der Waals surface area (Å²) < 4.78 is 14.2. The molecule has 0 radical (unpaired) electrons. The third-order valence-corrected chi connectivity index (χ3v) is 8.17. The first kappa shape index (κ1) is 87.3. The Kier molecular flexibility index (Phi) is 70.4. The number of halogens is 5. The number of rotatable bonds is 10. The standard InChI is InChI=1S/C11H10ClNO.C11H11ClO2.C10H8ClNO.C9H9ClO.C3H6O2.C2H6O.4CO2.ClH.H3NO.Na.H2O/c1-8-6-11(14-13-8)7-9-2-4-10(12)5-3-9;1-8(13)6-11(14)7-9-2-4-10(12)5-3-9;11-9-3-1-8(2-4-9)7-10-5-6-12-13-10;1-7(11)6-8-2-4-9(10)5-3-8;1-3(4)5-2;1-2-3;4*2-1-3;;1-2;;/h2-6H,7H2,1H3;2-5H,6-7H2,1H3;1-6H,7H2;2-5H,6H2,1H3;1-2H3;3H,2H2,1H3;;;;;1H;2H,1H2;;1H2/q;;;;;;;;;;;;+1;/p-1. The molecular formula is C50H55Cl5N3NaO18. The van der Waals surface area contributed by atoms with E-state index in [0.717, 1.165) is 51.2 Å². The van der Waals surface area contributed by atoms with Gasteiger partial charge in [0.1, 0.15) is 28.9 Å². The van der Waals surface area contributed by atoms with Crippen molar-refractivity contribution in [3.8, 4) is 0 Å². The molecule has 2 heterocycles. The van der Waals surface area contributed by atoms with Gasteiger partial charge in [-0.25, -0.2) is 5.90 Å². The first-order valence-electron chi connectivity index (χ1n) is 20.4. The number of nitrogens with two attached hydrogens (primary N) is 1. The Morgan fingerprint density at radius 1 is 0.571 bits per heavy atom. The molecule has 0 amide bonds. The van der Waals surface area contributed by atoms with E-state index in [1.165, 1.54) is 32.1 Å². The molecule has 4 aromatic carbocycles. The smallest absolute Gasteiger partial charge is 0.870 e. The van der Waals surface area contributed by atoms with Gasteiger partial charge in [0.2, 0.25) is 0 Å². The number of aromatic nitrogens is 2. The molecular weight excluding hydrogens is 1130 g/mol. The Labute approximate surface area is 491 Å². The van der Waals surface area contributed by atoms with Crippen LogP contribution < -0.4 is 35.5 Å². The van der Waals surface area contributed by atoms with Gasteiger partial charge in [-0.15, -0.1) is 12.4 Å². The van der Waals surface area contributed by atoms with E-state index in [2.05, 4.69) is 20.9 Å². The molecule has 0 spiro atoms. The van der Waals surface area contributed by atoms with Crippen LogP contribution in [0.5, 0.6) is 0 Å². The summed E-state index contributed by atoms with van der Waals surface area (Å²) in [5, 5.41) is 24.4. The predicted octanol–water partition coefficient (Wildman–Crippen LogP) is 5.48. The van der Waals surface area contributed by atoms with Gasteiger partial charge < -0.3 is 29.6 Å². The summed E-state index contributed by atoms with van der Waals surface area (Å²) in [6.45, 7) is 8.20. The largest absolute Gasteiger partial charge is 1.00 e. The van der Waals surface area contributed by atoms with Gasteiger partial charge in [-0.1, -0.05) is 105 Å². The van der Waals surface area contributed by atoms with Crippen LogP contribution in [0.4, 0.5) is 0 Å². The van der Waals surface area contributed by atoms with Gasteiger partial charge in [0, 0.05) is 71.4 Å². The number of esters is 1. The fourth-order valence-corrected chi connectivity index (χ4v) is 5.00. The number of hydrogen-bond acceptors (Lipinski definition) is 21. The first-order chi connectivity index (χ1) is 35.2. The first-order valence-corrected chi connectivity index (χ1v) is 21.9. The number of aryl methyl sites for hydroxylation is 1. The van der Waals surface area contributed by atoms with Crippen molar-refractivity contribution in [2.75, 3.05) is 13.7 Å². The van der Waals surface area contributed by atoms with Crippen LogP contribution in [0.25, 0.3) is 0 Å². The molecule has 21 nitrogen and oxygen atoms in total. The molecule has 77 heavy (non-hydrogen) atoms. The zero-order valence-electron chi connectivity index (χ0n) is 42.6. The number of nitrogens with zero attached hydrogens (tertiary/aromatic N) is 2. The summed E-state index contributed by atoms with van der Waals surface area (Å²) in [7, 11) is 1.35. The molecule has 414 valence electrons. The average molecular weight is 1190 g/mol. The number of benzene rings is 4. The van der Waals surface area contributed by atoms with Crippen molar-refractivity contribution in [2.24, 2.45) is 5.90 Å². The minimum absolute atomic E-state index is 0. The van der Waals surface area contributed by atoms with Gasteiger partial charge in [0.25, 0.3) is 0 Å². The van der Waals surface area contributed by atoms with Crippen LogP contribution in [-0.4, -0.2) is 87.7 Å². The third kappa shape index (κ3) is 62.0. The molecule has 2 aromatic heterocycles. The monoisotopic (exact) mass is 1180 g/mol. The molecule has 0 unspecified atom stereocenters. The van der Waals surface area contributed by atoms with Gasteiger partial charge >= 0.3 is 60.1 Å². The van der Waals surface area contributed by atoms with E-state index in [9.17, 15) is 19.2 Å². The Morgan fingerprint density at radius 3 is 1.12 bits per heavy atom. The van der Waals surface area contributed by atoms with Crippen molar-refractivity contribution < 1.29 is 117 Å². The van der Waals surface area contributed by atoms with Gasteiger partial charge in [-0.2, -0.15) is 38.4 Å². The molecule has 0 saturated heterocycles. The van der Waals surface area contributed by atoms with E-state index in [-0.39, 0.29) is 108 Å². The van der Waals surface area contributed by atoms with E-state index in [1.807, 2.05) is 79.7 Å². The second kappa shape index (κ2) is 62.1. The number of ketones is 3. The number of hydrogen-bond donors (Lipinski definition) is 3. The quantitative estimate of drug-likeness (QED) is 0.0662. The summed E-state index contributed by atoms with van der Waals surface area (Å²) in [5.41, 5.74) is 5.16. The van der Waals surface area contributed by atoms with Crippen LogP contribution in [0.1, 0.15) is 73.6 Å². The average Bonchev–Trinajstić information content (AvgIpc) is 4.03. The van der Waals surface area contributed by atoms with Crippen molar-refractivity contribution in [3.63, 3.8) is 0 Å². The van der Waals surface area contributed by atoms with Crippen molar-refractivity contribution in [1.82, 2.24) is 10.3 Å². The van der Waals surface area contributed by atoms with E-state index in [1.54, 1.807) is 56.4 Å². The fourth-order valence-electron chi connectivity index (χ4n) is 4.50. The SMILES string of the molecule is CC(=O)CC(=O)Cc1ccc(Cl)cc1.CC(=O)Cc1ccc(Cl)cc1.CCO.COC(C)=O.Cc1cc(Cc2ccc(Cl)cc2)on1.Cl.Clc1ccc(Cc2ccno2)cc1.NO.O=C=O.O=C=O.O=C=O.O=C=O.[Na+].[OH-]. The Hall–Kier alpha value is -6.41.